The van der Waals surface area contributed by atoms with Crippen molar-refractivity contribution in [2.75, 3.05) is 23.8 Å². The molecule has 0 aromatic heterocycles. The number of nitrogens with one attached hydrogen (secondary N) is 2. The molecule has 0 saturated carbocycles. The smallest absolute Gasteiger partial charge is 0.255 e. The fourth-order valence-electron chi connectivity index (χ4n) is 2.65. The summed E-state index contributed by atoms with van der Waals surface area (Å²) in [6, 6.07) is 16.0. The highest BCUT2D eigenvalue weighted by Crippen LogP contribution is 2.20. The number of nitrogens with two attached hydrogens (primary N) is 1. The highest BCUT2D eigenvalue weighted by molar-refractivity contribution is 6.05. The van der Waals surface area contributed by atoms with Crippen LogP contribution in [0, 0.1) is 0 Å². The maximum Gasteiger partial charge on any atom is 0.255 e. The first kappa shape index (κ1) is 19.9. The van der Waals surface area contributed by atoms with Gasteiger partial charge in [-0.25, -0.2) is 0 Å². The molecule has 1 aliphatic rings. The molecule has 0 spiro atoms. The molecule has 7 heteroatoms. The van der Waals surface area contributed by atoms with Crippen molar-refractivity contribution in [3.63, 3.8) is 0 Å². The van der Waals surface area contributed by atoms with Crippen molar-refractivity contribution in [2.24, 2.45) is 5.73 Å². The van der Waals surface area contributed by atoms with Gasteiger partial charge in [-0.15, -0.1) is 12.4 Å². The molecule has 0 radical (unpaired) electrons. The standard InChI is InChI=1S/C19H21N3O3.ClH/c20-19(10-12-25-13-11-19)18(24)22-16-8-6-14(7-9-16)17(23)21-15-4-2-1-3-5-15;/h1-9H,10-13,20H2,(H,21,23)(H,22,24);1H. The van der Waals surface area contributed by atoms with Crippen molar-refractivity contribution in [2.45, 2.75) is 18.4 Å². The number of hydrogen-bond acceptors (Lipinski definition) is 4. The number of anilines is 2. The van der Waals surface area contributed by atoms with E-state index in [-0.39, 0.29) is 24.2 Å². The third-order valence-electron chi connectivity index (χ3n) is 4.27. The van der Waals surface area contributed by atoms with E-state index >= 15 is 0 Å². The number of benzene rings is 2. The van der Waals surface area contributed by atoms with Crippen molar-refractivity contribution in [1.82, 2.24) is 0 Å². The number of halogens is 1. The fraction of sp³-hybridized carbons (Fsp3) is 0.263. The molecule has 6 nitrogen and oxygen atoms in total. The first-order chi connectivity index (χ1) is 12.1. The minimum Gasteiger partial charge on any atom is -0.381 e. The summed E-state index contributed by atoms with van der Waals surface area (Å²) in [5.41, 5.74) is 7.11. The lowest BCUT2D eigenvalue weighted by Crippen LogP contribution is -2.54. The zero-order chi connectivity index (χ0) is 17.7. The van der Waals surface area contributed by atoms with Gasteiger partial charge in [-0.2, -0.15) is 0 Å². The Morgan fingerprint density at radius 2 is 1.46 bits per heavy atom. The summed E-state index contributed by atoms with van der Waals surface area (Å²) < 4.78 is 5.25. The van der Waals surface area contributed by atoms with Crippen molar-refractivity contribution in [1.29, 1.82) is 0 Å². The van der Waals surface area contributed by atoms with Crippen molar-refractivity contribution in [3.8, 4) is 0 Å². The van der Waals surface area contributed by atoms with Gasteiger partial charge in [-0.1, -0.05) is 18.2 Å². The van der Waals surface area contributed by atoms with Gasteiger partial charge in [0.15, 0.2) is 0 Å². The van der Waals surface area contributed by atoms with E-state index in [0.29, 0.717) is 37.3 Å². The van der Waals surface area contributed by atoms with E-state index in [0.717, 1.165) is 5.69 Å². The number of ether oxygens (including phenoxy) is 1. The van der Waals surface area contributed by atoms with E-state index in [9.17, 15) is 9.59 Å². The first-order valence-corrected chi connectivity index (χ1v) is 8.21. The number of hydrogen-bond donors (Lipinski definition) is 3. The summed E-state index contributed by atoms with van der Waals surface area (Å²) in [6.45, 7) is 0.977. The lowest BCUT2D eigenvalue weighted by molar-refractivity contribution is -0.124. The number of para-hydroxylation sites is 1. The van der Waals surface area contributed by atoms with Gasteiger partial charge in [-0.3, -0.25) is 9.59 Å². The zero-order valence-electron chi connectivity index (χ0n) is 14.2. The molecule has 26 heavy (non-hydrogen) atoms. The SMILES string of the molecule is Cl.NC1(C(=O)Nc2ccc(C(=O)Nc3ccccc3)cc2)CCOCC1. The van der Waals surface area contributed by atoms with Crippen LogP contribution in [0.3, 0.4) is 0 Å². The van der Waals surface area contributed by atoms with Crippen LogP contribution in [0.4, 0.5) is 11.4 Å². The Hall–Kier alpha value is -2.41. The Bertz CT molecular complexity index is 744. The molecule has 0 atom stereocenters. The van der Waals surface area contributed by atoms with Gasteiger partial charge in [0.2, 0.25) is 5.91 Å². The number of carbonyl (C=O) groups is 2. The second kappa shape index (κ2) is 8.80. The van der Waals surface area contributed by atoms with Crippen LogP contribution in [0.15, 0.2) is 54.6 Å². The maximum absolute atomic E-state index is 12.4. The largest absolute Gasteiger partial charge is 0.381 e. The normalized spacial score (nSPS) is 15.4. The summed E-state index contributed by atoms with van der Waals surface area (Å²) in [5, 5.41) is 5.63. The van der Waals surface area contributed by atoms with Crippen LogP contribution < -0.4 is 16.4 Å². The van der Waals surface area contributed by atoms with E-state index in [4.69, 9.17) is 10.5 Å². The van der Waals surface area contributed by atoms with E-state index in [1.807, 2.05) is 30.3 Å². The molecule has 138 valence electrons. The number of rotatable bonds is 4. The Labute approximate surface area is 158 Å². The number of amides is 2. The summed E-state index contributed by atoms with van der Waals surface area (Å²) in [7, 11) is 0. The van der Waals surface area contributed by atoms with Crippen molar-refractivity contribution < 1.29 is 14.3 Å². The molecule has 1 heterocycles. The average Bonchev–Trinajstić information content (AvgIpc) is 2.64. The third-order valence-corrected chi connectivity index (χ3v) is 4.27. The summed E-state index contributed by atoms with van der Waals surface area (Å²) in [5.74, 6) is -0.430. The second-order valence-corrected chi connectivity index (χ2v) is 6.12. The van der Waals surface area contributed by atoms with Crippen LogP contribution >= 0.6 is 12.4 Å². The quantitative estimate of drug-likeness (QED) is 0.766. The lowest BCUT2D eigenvalue weighted by atomic mass is 9.90. The van der Waals surface area contributed by atoms with Gasteiger partial charge in [0.05, 0.1) is 0 Å². The molecule has 2 aromatic rings. The summed E-state index contributed by atoms with van der Waals surface area (Å²) in [4.78, 5) is 24.6. The van der Waals surface area contributed by atoms with E-state index in [2.05, 4.69) is 10.6 Å². The van der Waals surface area contributed by atoms with Gasteiger partial charge in [0.1, 0.15) is 5.54 Å². The van der Waals surface area contributed by atoms with Crippen LogP contribution in [-0.4, -0.2) is 30.6 Å². The monoisotopic (exact) mass is 375 g/mol. The molecule has 1 fully saturated rings. The summed E-state index contributed by atoms with van der Waals surface area (Å²) >= 11 is 0. The van der Waals surface area contributed by atoms with Gasteiger partial charge in [-0.05, 0) is 49.2 Å². The van der Waals surface area contributed by atoms with Crippen molar-refractivity contribution >= 4 is 35.6 Å². The molecule has 1 aliphatic heterocycles. The predicted octanol–water partition coefficient (Wildman–Crippen LogP) is 2.81. The van der Waals surface area contributed by atoms with Crippen LogP contribution in [0.25, 0.3) is 0 Å². The Morgan fingerprint density at radius 1 is 0.885 bits per heavy atom. The molecule has 2 amide bonds. The number of carbonyl (C=O) groups excluding carboxylic acids is 2. The van der Waals surface area contributed by atoms with Crippen LogP contribution in [-0.2, 0) is 9.53 Å². The Balaban J connectivity index is 0.00000243. The zero-order valence-corrected chi connectivity index (χ0v) is 15.1. The molecule has 1 saturated heterocycles. The Morgan fingerprint density at radius 3 is 2.08 bits per heavy atom. The molecule has 0 unspecified atom stereocenters. The van der Waals surface area contributed by atoms with Crippen molar-refractivity contribution in [3.05, 3.63) is 60.2 Å². The third kappa shape index (κ3) is 4.82. The highest BCUT2D eigenvalue weighted by Gasteiger charge is 2.35. The highest BCUT2D eigenvalue weighted by atomic mass is 35.5. The molecule has 0 aliphatic carbocycles. The van der Waals surface area contributed by atoms with Crippen LogP contribution in [0.5, 0.6) is 0 Å². The van der Waals surface area contributed by atoms with Gasteiger partial charge < -0.3 is 21.1 Å². The first-order valence-electron chi connectivity index (χ1n) is 8.21. The molecule has 3 rings (SSSR count). The molecule has 0 bridgehead atoms. The van der Waals surface area contributed by atoms with Gasteiger partial charge in [0, 0.05) is 30.2 Å². The van der Waals surface area contributed by atoms with Gasteiger partial charge >= 0.3 is 0 Å². The van der Waals surface area contributed by atoms with E-state index in [1.165, 1.54) is 0 Å². The fourth-order valence-corrected chi connectivity index (χ4v) is 2.65. The summed E-state index contributed by atoms with van der Waals surface area (Å²) in [6.07, 6.45) is 0.993. The second-order valence-electron chi connectivity index (χ2n) is 6.12. The lowest BCUT2D eigenvalue weighted by Gasteiger charge is -2.31. The maximum atomic E-state index is 12.4. The molecular formula is C19H22ClN3O3. The molecule has 4 N–H and O–H groups in total. The Kier molecular flexibility index (Phi) is 6.74. The van der Waals surface area contributed by atoms with E-state index in [1.54, 1.807) is 24.3 Å². The topological polar surface area (TPSA) is 93.5 Å². The molecule has 2 aromatic carbocycles. The van der Waals surface area contributed by atoms with Crippen LogP contribution in [0.1, 0.15) is 23.2 Å². The minimum absolute atomic E-state index is 0. The minimum atomic E-state index is -0.901. The predicted molar refractivity (Wildman–Crippen MR) is 104 cm³/mol. The van der Waals surface area contributed by atoms with Gasteiger partial charge in [0.25, 0.3) is 5.91 Å². The average molecular weight is 376 g/mol. The van der Waals surface area contributed by atoms with E-state index < -0.39 is 5.54 Å². The molecular weight excluding hydrogens is 354 g/mol. The van der Waals surface area contributed by atoms with Crippen LogP contribution in [0.2, 0.25) is 0 Å².